The first kappa shape index (κ1) is 26.9. The molecule has 5 rings (SSSR count). The van der Waals surface area contributed by atoms with Crippen LogP contribution in [0.4, 0.5) is 0 Å². The minimum absolute atomic E-state index is 0.540. The Morgan fingerprint density at radius 3 is 1.39 bits per heavy atom. The predicted octanol–water partition coefficient (Wildman–Crippen LogP) is 9.42. The van der Waals surface area contributed by atoms with Crippen LogP contribution in [-0.4, -0.2) is 23.5 Å². The Labute approximate surface area is 224 Å². The highest BCUT2D eigenvalue weighted by Gasteiger charge is 2.53. The number of aliphatic imine (C=N–C) groups is 2. The topological polar surface area (TPSA) is 24.7 Å². The summed E-state index contributed by atoms with van der Waals surface area (Å²) in [6, 6.07) is 1.08. The third-order valence-electron chi connectivity index (χ3n) is 12.0. The van der Waals surface area contributed by atoms with Gasteiger partial charge in [-0.2, -0.15) is 0 Å². The maximum absolute atomic E-state index is 5.99. The largest absolute Gasteiger partial charge is 0.284 e. The van der Waals surface area contributed by atoms with E-state index in [0.29, 0.717) is 12.1 Å². The minimum atomic E-state index is 0.540. The second kappa shape index (κ2) is 11.6. The van der Waals surface area contributed by atoms with E-state index >= 15 is 0 Å². The van der Waals surface area contributed by atoms with Crippen molar-refractivity contribution in [3.8, 4) is 0 Å². The molecule has 0 heterocycles. The van der Waals surface area contributed by atoms with E-state index in [9.17, 15) is 0 Å². The van der Waals surface area contributed by atoms with Crippen LogP contribution in [0.2, 0.25) is 0 Å². The first-order chi connectivity index (χ1) is 17.4. The summed E-state index contributed by atoms with van der Waals surface area (Å²) in [4.78, 5) is 12.0. The highest BCUT2D eigenvalue weighted by atomic mass is 14.9. The van der Waals surface area contributed by atoms with Gasteiger partial charge in [0.25, 0.3) is 0 Å². The molecule has 0 bridgehead atoms. The summed E-state index contributed by atoms with van der Waals surface area (Å²) in [6.07, 6.45) is 19.6. The average Bonchev–Trinajstić information content (AvgIpc) is 3.18. The Morgan fingerprint density at radius 2 is 1.00 bits per heavy atom. The molecule has 36 heavy (non-hydrogen) atoms. The van der Waals surface area contributed by atoms with E-state index in [1.807, 2.05) is 0 Å². The maximum atomic E-state index is 5.99. The Kier molecular flexibility index (Phi) is 8.68. The molecule has 5 aliphatic rings. The van der Waals surface area contributed by atoms with Gasteiger partial charge in [0, 0.05) is 11.8 Å². The maximum Gasteiger partial charge on any atom is 0.0599 e. The lowest BCUT2D eigenvalue weighted by molar-refractivity contribution is 0.120. The molecule has 0 amide bonds. The molecule has 0 spiro atoms. The van der Waals surface area contributed by atoms with Crippen molar-refractivity contribution in [1.29, 1.82) is 0 Å². The Bertz CT molecular complexity index is 729. The van der Waals surface area contributed by atoms with Crippen LogP contribution in [0.1, 0.15) is 131 Å². The van der Waals surface area contributed by atoms with Crippen LogP contribution in [0.25, 0.3) is 0 Å². The SMILES string of the molecule is CCC1CCCC(C(C)C)C1N=C1C(=NC2C(CC)CCCC2C(C)C)C2CCCC3CCCC1C32. The summed E-state index contributed by atoms with van der Waals surface area (Å²) in [7, 11) is 0. The third kappa shape index (κ3) is 5.02. The fraction of sp³-hybridized carbons (Fsp3) is 0.941. The molecule has 2 nitrogen and oxygen atoms in total. The number of rotatable bonds is 6. The molecule has 0 N–H and O–H groups in total. The quantitative estimate of drug-likeness (QED) is 0.351. The minimum Gasteiger partial charge on any atom is -0.284 e. The molecule has 0 aromatic rings. The molecule has 5 aliphatic carbocycles. The molecular formula is C34H58N2. The first-order valence-electron chi connectivity index (χ1n) is 16.6. The van der Waals surface area contributed by atoms with Crippen LogP contribution in [-0.2, 0) is 0 Å². The van der Waals surface area contributed by atoms with E-state index in [1.165, 1.54) is 89.9 Å². The molecule has 0 saturated heterocycles. The average molecular weight is 495 g/mol. The Morgan fingerprint density at radius 1 is 0.583 bits per heavy atom. The van der Waals surface area contributed by atoms with E-state index in [4.69, 9.17) is 9.98 Å². The third-order valence-corrected chi connectivity index (χ3v) is 12.0. The highest BCUT2D eigenvalue weighted by Crippen LogP contribution is 2.54. The zero-order valence-corrected chi connectivity index (χ0v) is 24.7. The normalized spacial score (nSPS) is 45.6. The van der Waals surface area contributed by atoms with Crippen molar-refractivity contribution in [3.05, 3.63) is 0 Å². The summed E-state index contributed by atoms with van der Waals surface area (Å²) in [5.41, 5.74) is 3.13. The zero-order chi connectivity index (χ0) is 25.4. The molecule has 8 atom stereocenters. The van der Waals surface area contributed by atoms with Crippen LogP contribution in [0.3, 0.4) is 0 Å². The van der Waals surface area contributed by atoms with Crippen molar-refractivity contribution >= 4 is 11.4 Å². The smallest absolute Gasteiger partial charge is 0.0599 e. The van der Waals surface area contributed by atoms with Crippen molar-refractivity contribution in [1.82, 2.24) is 0 Å². The van der Waals surface area contributed by atoms with Gasteiger partial charge in [-0.15, -0.1) is 0 Å². The van der Waals surface area contributed by atoms with Crippen LogP contribution in [0.15, 0.2) is 9.98 Å². The van der Waals surface area contributed by atoms with E-state index in [2.05, 4.69) is 41.5 Å². The number of hydrogen-bond acceptors (Lipinski definition) is 2. The van der Waals surface area contributed by atoms with Gasteiger partial charge in [-0.05, 0) is 85.9 Å². The van der Waals surface area contributed by atoms with Crippen molar-refractivity contribution in [2.24, 2.45) is 69.2 Å². The van der Waals surface area contributed by atoms with Gasteiger partial charge in [0.2, 0.25) is 0 Å². The van der Waals surface area contributed by atoms with E-state index in [-0.39, 0.29) is 0 Å². The van der Waals surface area contributed by atoms with Gasteiger partial charge in [0.1, 0.15) is 0 Å². The van der Waals surface area contributed by atoms with Gasteiger partial charge in [0.05, 0.1) is 23.5 Å². The highest BCUT2D eigenvalue weighted by molar-refractivity contribution is 6.46. The number of nitrogens with zero attached hydrogens (tertiary/aromatic N) is 2. The van der Waals surface area contributed by atoms with Gasteiger partial charge < -0.3 is 0 Å². The summed E-state index contributed by atoms with van der Waals surface area (Å²) in [5.74, 6) is 7.84. The summed E-state index contributed by atoms with van der Waals surface area (Å²) in [5, 5.41) is 0. The summed E-state index contributed by atoms with van der Waals surface area (Å²) in [6.45, 7) is 14.7. The molecule has 0 aromatic carbocycles. The fourth-order valence-electron chi connectivity index (χ4n) is 10.1. The van der Waals surface area contributed by atoms with Crippen molar-refractivity contribution in [3.63, 3.8) is 0 Å². The molecule has 2 heteroatoms. The summed E-state index contributed by atoms with van der Waals surface area (Å²) < 4.78 is 0. The lowest BCUT2D eigenvalue weighted by atomic mass is 9.64. The van der Waals surface area contributed by atoms with Gasteiger partial charge in [0.15, 0.2) is 0 Å². The van der Waals surface area contributed by atoms with Crippen molar-refractivity contribution in [2.75, 3.05) is 0 Å². The van der Waals surface area contributed by atoms with Gasteiger partial charge >= 0.3 is 0 Å². The van der Waals surface area contributed by atoms with Gasteiger partial charge in [-0.1, -0.05) is 92.9 Å². The molecular weight excluding hydrogens is 436 g/mol. The van der Waals surface area contributed by atoms with Gasteiger partial charge in [-0.3, -0.25) is 9.98 Å². The van der Waals surface area contributed by atoms with Crippen molar-refractivity contribution < 1.29 is 0 Å². The monoisotopic (exact) mass is 494 g/mol. The summed E-state index contributed by atoms with van der Waals surface area (Å²) >= 11 is 0. The first-order valence-corrected chi connectivity index (χ1v) is 16.6. The van der Waals surface area contributed by atoms with Crippen LogP contribution >= 0.6 is 0 Å². The molecule has 0 aliphatic heterocycles. The standard InChI is InChI=1S/C34H58N2/c1-7-23-13-9-17-26(21(3)4)31(23)35-33-28-19-11-15-25-16-12-20-29(30(25)28)34(33)36-32-24(8-2)14-10-18-27(32)22(5)6/h21-32H,7-20H2,1-6H3. The second-order valence-electron chi connectivity index (χ2n) is 14.4. The van der Waals surface area contributed by atoms with E-state index in [1.54, 1.807) is 11.4 Å². The van der Waals surface area contributed by atoms with Crippen LogP contribution in [0, 0.1) is 59.2 Å². The lowest BCUT2D eigenvalue weighted by Crippen LogP contribution is -2.38. The predicted molar refractivity (Wildman–Crippen MR) is 156 cm³/mol. The van der Waals surface area contributed by atoms with Crippen LogP contribution < -0.4 is 0 Å². The Balaban J connectivity index is 1.60. The zero-order valence-electron chi connectivity index (χ0n) is 24.7. The van der Waals surface area contributed by atoms with E-state index < -0.39 is 0 Å². The van der Waals surface area contributed by atoms with Crippen molar-refractivity contribution in [2.45, 2.75) is 144 Å². The molecule has 5 saturated carbocycles. The fourth-order valence-corrected chi connectivity index (χ4v) is 10.1. The second-order valence-corrected chi connectivity index (χ2v) is 14.4. The molecule has 204 valence electrons. The lowest BCUT2D eigenvalue weighted by Gasteiger charge is -2.41. The van der Waals surface area contributed by atoms with Gasteiger partial charge in [-0.25, -0.2) is 0 Å². The Hall–Kier alpha value is -0.660. The van der Waals surface area contributed by atoms with Crippen LogP contribution in [0.5, 0.6) is 0 Å². The molecule has 8 unspecified atom stereocenters. The molecule has 5 fully saturated rings. The molecule has 0 aromatic heterocycles. The number of hydrogen-bond donors (Lipinski definition) is 0. The molecule has 0 radical (unpaired) electrons. The van der Waals surface area contributed by atoms with E-state index in [0.717, 1.165) is 59.2 Å².